The summed E-state index contributed by atoms with van der Waals surface area (Å²) in [5.41, 5.74) is 7.62. The van der Waals surface area contributed by atoms with E-state index in [9.17, 15) is 4.79 Å². The third-order valence-corrected chi connectivity index (χ3v) is 6.88. The first-order valence-electron chi connectivity index (χ1n) is 10.8. The minimum absolute atomic E-state index is 0.00113. The van der Waals surface area contributed by atoms with Crippen LogP contribution in [0.15, 0.2) is 59.4 Å². The first kappa shape index (κ1) is 19.8. The highest BCUT2D eigenvalue weighted by atomic mass is 32.1. The van der Waals surface area contributed by atoms with Crippen LogP contribution in [0.1, 0.15) is 42.3 Å². The molecule has 5 rings (SSSR count). The molecule has 31 heavy (non-hydrogen) atoms. The van der Waals surface area contributed by atoms with E-state index in [0.717, 1.165) is 45.1 Å². The van der Waals surface area contributed by atoms with Crippen molar-refractivity contribution in [3.8, 4) is 5.69 Å². The van der Waals surface area contributed by atoms with Crippen molar-refractivity contribution in [3.63, 3.8) is 0 Å². The second kappa shape index (κ2) is 7.82. The summed E-state index contributed by atoms with van der Waals surface area (Å²) >= 11 is 1.45. The smallest absolute Gasteiger partial charge is 0.274 e. The second-order valence-corrected chi connectivity index (χ2v) is 9.08. The molecule has 0 saturated heterocycles. The number of aromatic nitrogens is 3. The molecule has 0 saturated carbocycles. The van der Waals surface area contributed by atoms with E-state index >= 15 is 0 Å². The van der Waals surface area contributed by atoms with Gasteiger partial charge < -0.3 is 4.57 Å². The van der Waals surface area contributed by atoms with Crippen molar-refractivity contribution >= 4 is 33.4 Å². The van der Waals surface area contributed by atoms with Gasteiger partial charge in [0.2, 0.25) is 0 Å². The summed E-state index contributed by atoms with van der Waals surface area (Å²) < 4.78 is 4.69. The minimum atomic E-state index is -0.00113. The van der Waals surface area contributed by atoms with Gasteiger partial charge in [-0.15, -0.1) is 0 Å². The van der Waals surface area contributed by atoms with Crippen molar-refractivity contribution < 1.29 is 0 Å². The Balaban J connectivity index is 1.57. The summed E-state index contributed by atoms with van der Waals surface area (Å²) in [6.07, 6.45) is 5.56. The highest BCUT2D eigenvalue weighted by Gasteiger charge is 2.13. The van der Waals surface area contributed by atoms with Gasteiger partial charge in [-0.25, -0.2) is 9.38 Å². The molecule has 2 aromatic carbocycles. The van der Waals surface area contributed by atoms with Crippen molar-refractivity contribution in [2.45, 2.75) is 40.0 Å². The van der Waals surface area contributed by atoms with E-state index in [1.54, 1.807) is 4.40 Å². The molecule has 0 aliphatic heterocycles. The molecule has 0 spiro atoms. The Bertz CT molecular complexity index is 1500. The standard InChI is InChI=1S/C26H25N3OS/c1-4-5-8-19-11-13-21(14-12-19)28-17(2)15-20(18(28)3)16-24-25(30)29-23-10-7-6-9-22(23)27-26(29)31-24/h6-7,9-16H,4-5,8H2,1-3H3. The minimum Gasteiger partial charge on any atom is -0.318 e. The van der Waals surface area contributed by atoms with Crippen LogP contribution in [0.3, 0.4) is 0 Å². The van der Waals surface area contributed by atoms with Gasteiger partial charge in [-0.1, -0.05) is 48.9 Å². The quantitative estimate of drug-likeness (QED) is 0.386. The van der Waals surface area contributed by atoms with Gasteiger partial charge in [-0.2, -0.15) is 0 Å². The van der Waals surface area contributed by atoms with Crippen LogP contribution in [0.25, 0.3) is 27.8 Å². The Morgan fingerprint density at radius 2 is 1.84 bits per heavy atom. The number of nitrogens with zero attached hydrogens (tertiary/aromatic N) is 3. The van der Waals surface area contributed by atoms with Crippen LogP contribution < -0.4 is 10.1 Å². The average molecular weight is 428 g/mol. The molecule has 0 aliphatic rings. The first-order chi connectivity index (χ1) is 15.1. The SMILES string of the molecule is CCCCc1ccc(-n2c(C)cc(C=c3sc4nc5ccccc5n4c3=O)c2C)cc1. The lowest BCUT2D eigenvalue weighted by molar-refractivity contribution is 0.794. The monoisotopic (exact) mass is 427 g/mol. The Morgan fingerprint density at radius 1 is 1.06 bits per heavy atom. The maximum absolute atomic E-state index is 13.1. The number of unbranched alkanes of at least 4 members (excludes halogenated alkanes) is 1. The predicted octanol–water partition coefficient (Wildman–Crippen LogP) is 5.21. The molecular weight excluding hydrogens is 402 g/mol. The largest absolute Gasteiger partial charge is 0.318 e. The summed E-state index contributed by atoms with van der Waals surface area (Å²) in [5, 5.41) is 0. The number of benzene rings is 2. The number of para-hydroxylation sites is 2. The number of fused-ring (bicyclic) bond motifs is 3. The second-order valence-electron chi connectivity index (χ2n) is 8.07. The van der Waals surface area contributed by atoms with Crippen LogP contribution in [-0.4, -0.2) is 14.0 Å². The van der Waals surface area contributed by atoms with Crippen LogP contribution in [0.2, 0.25) is 0 Å². The molecule has 0 aliphatic carbocycles. The molecule has 3 heterocycles. The molecule has 3 aromatic heterocycles. The zero-order valence-corrected chi connectivity index (χ0v) is 18.9. The van der Waals surface area contributed by atoms with Crippen molar-refractivity contribution in [1.82, 2.24) is 14.0 Å². The Hall–Kier alpha value is -3.18. The zero-order valence-electron chi connectivity index (χ0n) is 18.1. The van der Waals surface area contributed by atoms with Crippen LogP contribution in [0, 0.1) is 13.8 Å². The van der Waals surface area contributed by atoms with Gasteiger partial charge >= 0.3 is 0 Å². The van der Waals surface area contributed by atoms with Crippen molar-refractivity contribution in [3.05, 3.63) is 92.0 Å². The molecule has 4 nitrogen and oxygen atoms in total. The molecule has 0 N–H and O–H groups in total. The van der Waals surface area contributed by atoms with Gasteiger partial charge in [0.15, 0.2) is 4.96 Å². The molecule has 0 unspecified atom stereocenters. The molecule has 5 heteroatoms. The van der Waals surface area contributed by atoms with Gasteiger partial charge in [0.1, 0.15) is 0 Å². The molecule has 0 bridgehead atoms. The highest BCUT2D eigenvalue weighted by molar-refractivity contribution is 7.15. The van der Waals surface area contributed by atoms with Crippen LogP contribution in [0.5, 0.6) is 0 Å². The average Bonchev–Trinajstić information content (AvgIpc) is 3.38. The van der Waals surface area contributed by atoms with Gasteiger partial charge in [0.05, 0.1) is 15.6 Å². The Kier molecular flexibility index (Phi) is 4.98. The van der Waals surface area contributed by atoms with E-state index in [-0.39, 0.29) is 5.56 Å². The lowest BCUT2D eigenvalue weighted by Gasteiger charge is -2.10. The molecule has 0 amide bonds. The maximum Gasteiger partial charge on any atom is 0.274 e. The number of rotatable bonds is 5. The van der Waals surface area contributed by atoms with E-state index < -0.39 is 0 Å². The van der Waals surface area contributed by atoms with Gasteiger partial charge in [-0.3, -0.25) is 4.79 Å². The van der Waals surface area contributed by atoms with Crippen molar-refractivity contribution in [2.75, 3.05) is 0 Å². The fourth-order valence-corrected chi connectivity index (χ4v) is 5.25. The Morgan fingerprint density at radius 3 is 2.61 bits per heavy atom. The number of aryl methyl sites for hydroxylation is 2. The third kappa shape index (κ3) is 3.39. The highest BCUT2D eigenvalue weighted by Crippen LogP contribution is 2.22. The zero-order chi connectivity index (χ0) is 21.5. The van der Waals surface area contributed by atoms with Crippen LogP contribution in [-0.2, 0) is 6.42 Å². The summed E-state index contributed by atoms with van der Waals surface area (Å²) in [4.78, 5) is 18.5. The van der Waals surface area contributed by atoms with E-state index in [0.29, 0.717) is 4.53 Å². The predicted molar refractivity (Wildman–Crippen MR) is 129 cm³/mol. The van der Waals surface area contributed by atoms with Crippen LogP contribution in [0.4, 0.5) is 0 Å². The van der Waals surface area contributed by atoms with Crippen molar-refractivity contribution in [2.24, 2.45) is 0 Å². The molecule has 0 fully saturated rings. The molecule has 0 radical (unpaired) electrons. The summed E-state index contributed by atoms with van der Waals surface area (Å²) in [6, 6.07) is 18.8. The van der Waals surface area contributed by atoms with Crippen LogP contribution >= 0.6 is 11.3 Å². The summed E-state index contributed by atoms with van der Waals surface area (Å²) in [7, 11) is 0. The molecule has 0 atom stereocenters. The van der Waals surface area contributed by atoms with E-state index in [1.165, 1.54) is 29.7 Å². The van der Waals surface area contributed by atoms with E-state index in [2.05, 4.69) is 60.7 Å². The molecule has 156 valence electrons. The lowest BCUT2D eigenvalue weighted by atomic mass is 10.1. The fourth-order valence-electron chi connectivity index (χ4n) is 4.28. The third-order valence-electron chi connectivity index (χ3n) is 5.92. The molecule has 5 aromatic rings. The molecular formula is C26H25N3OS. The first-order valence-corrected chi connectivity index (χ1v) is 11.6. The number of thiazole rings is 1. The van der Waals surface area contributed by atoms with Gasteiger partial charge in [-0.05, 0) is 74.2 Å². The maximum atomic E-state index is 13.1. The normalized spacial score (nSPS) is 12.4. The van der Waals surface area contributed by atoms with Gasteiger partial charge in [0, 0.05) is 17.1 Å². The van der Waals surface area contributed by atoms with E-state index in [4.69, 9.17) is 0 Å². The van der Waals surface area contributed by atoms with Gasteiger partial charge in [0.25, 0.3) is 5.56 Å². The summed E-state index contributed by atoms with van der Waals surface area (Å²) in [5.74, 6) is 0. The van der Waals surface area contributed by atoms with Crippen molar-refractivity contribution in [1.29, 1.82) is 0 Å². The van der Waals surface area contributed by atoms with E-state index in [1.807, 2.05) is 30.3 Å². The fraction of sp³-hybridized carbons (Fsp3) is 0.231. The summed E-state index contributed by atoms with van der Waals surface area (Å²) in [6.45, 7) is 6.45. The lowest BCUT2D eigenvalue weighted by Crippen LogP contribution is -2.22. The topological polar surface area (TPSA) is 39.3 Å². The number of hydrogen-bond donors (Lipinski definition) is 0. The Labute approximate surface area is 185 Å². The number of imidazole rings is 1. The number of hydrogen-bond acceptors (Lipinski definition) is 3.